The number of imidazole rings is 5. The number of hydrogen-bond donors (Lipinski definition) is 12. The maximum absolute atomic E-state index is 12.0. The number of benzene rings is 8. The maximum atomic E-state index is 12.0. The van der Waals surface area contributed by atoms with E-state index in [2.05, 4.69) is 114 Å². The van der Waals surface area contributed by atoms with E-state index in [9.17, 15) is 33.9 Å². The van der Waals surface area contributed by atoms with Crippen molar-refractivity contribution in [3.05, 3.63) is 271 Å². The minimum atomic E-state index is -1.05. The van der Waals surface area contributed by atoms with Gasteiger partial charge in [0.05, 0.1) is 121 Å². The van der Waals surface area contributed by atoms with Gasteiger partial charge in [-0.3, -0.25) is 29.0 Å². The van der Waals surface area contributed by atoms with E-state index >= 15 is 0 Å². The van der Waals surface area contributed by atoms with E-state index < -0.39 is 5.97 Å². The highest BCUT2D eigenvalue weighted by atomic mass is 32.2. The number of aromatic hydroxyl groups is 1. The summed E-state index contributed by atoms with van der Waals surface area (Å²) in [5, 5.41) is 41.2. The van der Waals surface area contributed by atoms with Crippen molar-refractivity contribution in [2.45, 2.75) is 53.0 Å². The van der Waals surface area contributed by atoms with Crippen LogP contribution >= 0.6 is 58.8 Å². The highest BCUT2D eigenvalue weighted by Gasteiger charge is 2.15. The van der Waals surface area contributed by atoms with Gasteiger partial charge in [-0.1, -0.05) is 168 Å². The van der Waals surface area contributed by atoms with E-state index in [0.717, 1.165) is 88.7 Å². The number of fused-ring (bicyclic) bond motifs is 5. The smallest absolute Gasteiger partial charge is 0.336 e. The summed E-state index contributed by atoms with van der Waals surface area (Å²) in [4.78, 5) is 112. The average Bonchev–Trinajstić information content (AvgIpc) is 1.65. The lowest BCUT2D eigenvalue weighted by atomic mass is 10.1. The number of hydrogen-bond acceptors (Lipinski definition) is 24. The molecule has 12 N–H and O–H groups in total. The van der Waals surface area contributed by atoms with Crippen LogP contribution in [0.5, 0.6) is 11.5 Å². The van der Waals surface area contributed by atoms with Crippen LogP contribution in [0.2, 0.25) is 0 Å². The molecule has 0 atom stereocenters. The molecule has 5 amide bonds. The highest BCUT2D eigenvalue weighted by molar-refractivity contribution is 8.00. The molecule has 0 radical (unpaired) electrons. The first kappa shape index (κ1) is 85.3. The number of furan rings is 1. The first-order chi connectivity index (χ1) is 57.4. The SMILES string of the molecule is C/C(=N/NC(=O)CSc1nc2ccccc2[nH]1)c1ccncc1.C/C(=N\NC(=O)CSc1nc2ccccc2[nH]1)c1ccco1.COc1cc(/C(C)=N\NC(=O)CSc2nc3ccccc3[nH]2)ccc1O.O=C(CSc1nc2ccccc2[nH]1)N/N=C/c1ccccc1C(=O)O.O=C(CSc1nc2ccccc2[nH]1)NCCc1ccccc1. The normalized spacial score (nSPS) is 11.3. The van der Waals surface area contributed by atoms with E-state index in [-0.39, 0.29) is 63.9 Å². The lowest BCUT2D eigenvalue weighted by Crippen LogP contribution is -2.27. The molecule has 30 nitrogen and oxygen atoms in total. The first-order valence-corrected chi connectivity index (χ1v) is 41.0. The minimum absolute atomic E-state index is 0.0291. The molecule has 600 valence electrons. The Morgan fingerprint density at radius 2 is 0.831 bits per heavy atom. The first-order valence-electron chi connectivity index (χ1n) is 36.1. The van der Waals surface area contributed by atoms with Crippen molar-refractivity contribution in [1.82, 2.24) is 81.8 Å². The van der Waals surface area contributed by atoms with E-state index in [4.69, 9.17) is 14.3 Å². The number of phenols is 1. The summed E-state index contributed by atoms with van der Waals surface area (Å²) in [6.07, 6.45) is 7.10. The van der Waals surface area contributed by atoms with Crippen molar-refractivity contribution < 1.29 is 48.1 Å². The number of H-pyrrole nitrogens is 5. The van der Waals surface area contributed by atoms with Crippen molar-refractivity contribution in [3.63, 3.8) is 0 Å². The number of phenolic OH excluding ortho intramolecular Hbond substituents is 1. The predicted molar refractivity (Wildman–Crippen MR) is 465 cm³/mol. The van der Waals surface area contributed by atoms with Gasteiger partial charge in [-0.15, -0.1) is 0 Å². The summed E-state index contributed by atoms with van der Waals surface area (Å²) in [6, 6.07) is 67.3. The molecule has 15 rings (SSSR count). The number of pyridine rings is 1. The molecule has 0 aliphatic rings. The number of carboxylic acid groups (broad SMARTS) is 1. The zero-order valence-corrected chi connectivity index (χ0v) is 67.8. The number of carbonyl (C=O) groups excluding carboxylic acids is 5. The quantitative estimate of drug-likeness (QED) is 0.0123. The van der Waals surface area contributed by atoms with Gasteiger partial charge in [-0.05, 0) is 142 Å². The standard InChI is InChI=1S/C18H18N4O3S.C17H14N4O3S.C17H17N3OS.C16H15N5OS.C15H14N4O2S/c1-11(12-7-8-15(23)16(9-12)25-2)21-22-17(24)10-26-18-19-13-5-3-4-6-14(13)20-18;22-15(10-25-17-19-13-7-3-4-8-14(13)20-17)21-18-9-11-5-1-2-6-12(11)16(23)24;21-16(18-11-10-13-6-2-1-3-7-13)12-22-17-19-14-8-4-5-9-15(14)20-17;1-11(12-6-8-17-9-7-12)20-21-15(22)10-23-16-18-13-4-2-3-5-14(13)19-16;1-10(13-7-4-8-21-13)18-19-14(20)9-22-15-16-11-5-2-3-6-12(11)17-15/h3-9,23H,10H2,1-2H3,(H,19,20)(H,22,24);1-9H,10H2,(H,19,20)(H,21,22)(H,23,24);1-9H,10-12H2,(H,18,21)(H,19,20);2-9H,10H2,1H3,(H,18,19)(H,21,22);2-8H,9H2,1H3,(H,16,17)(H,19,20)/b21-11-;18-9+;;20-11-;18-10+. The number of rotatable bonds is 28. The van der Waals surface area contributed by atoms with Crippen LogP contribution in [0, 0.1) is 0 Å². The van der Waals surface area contributed by atoms with Gasteiger partial charge < -0.3 is 49.6 Å². The number of para-hydroxylation sites is 10. The Bertz CT molecular complexity index is 5850. The molecule has 35 heteroatoms. The van der Waals surface area contributed by atoms with Crippen molar-refractivity contribution >= 4 is 173 Å². The Morgan fingerprint density at radius 1 is 0.441 bits per heavy atom. The third-order valence-corrected chi connectivity index (χ3v) is 20.7. The second-order valence-electron chi connectivity index (χ2n) is 24.8. The van der Waals surface area contributed by atoms with Crippen molar-refractivity contribution in [2.75, 3.05) is 42.4 Å². The second-order valence-corrected chi connectivity index (χ2v) is 29.6. The summed E-state index contributed by atoms with van der Waals surface area (Å²) in [6.45, 7) is 6.02. The van der Waals surface area contributed by atoms with Gasteiger partial charge in [0.1, 0.15) is 11.5 Å². The van der Waals surface area contributed by atoms with E-state index in [1.165, 1.54) is 89.8 Å². The molecule has 15 aromatic rings. The summed E-state index contributed by atoms with van der Waals surface area (Å²) >= 11 is 6.67. The van der Waals surface area contributed by atoms with Gasteiger partial charge in [-0.25, -0.2) is 51.4 Å². The summed E-state index contributed by atoms with van der Waals surface area (Å²) in [5.41, 5.74) is 24.5. The lowest BCUT2D eigenvalue weighted by molar-refractivity contribution is -0.119. The average molecular weight is 1680 g/mol. The molecule has 0 fully saturated rings. The lowest BCUT2D eigenvalue weighted by Gasteiger charge is -2.06. The molecule has 118 heavy (non-hydrogen) atoms. The zero-order chi connectivity index (χ0) is 82.8. The van der Waals surface area contributed by atoms with Crippen LogP contribution in [0.4, 0.5) is 0 Å². The van der Waals surface area contributed by atoms with Crippen molar-refractivity contribution in [2.24, 2.45) is 20.4 Å². The molecule has 7 heterocycles. The Labute approximate surface area is 696 Å². The molecule has 0 aliphatic heterocycles. The highest BCUT2D eigenvalue weighted by Crippen LogP contribution is 2.28. The van der Waals surface area contributed by atoms with Gasteiger partial charge in [0.2, 0.25) is 5.91 Å². The molecule has 0 saturated heterocycles. The number of carbonyl (C=O) groups is 6. The number of nitrogens with zero attached hydrogens (tertiary/aromatic N) is 10. The van der Waals surface area contributed by atoms with Crippen molar-refractivity contribution in [3.8, 4) is 11.5 Å². The Hall–Kier alpha value is -13.6. The molecular weight excluding hydrogens is 1600 g/mol. The molecule has 0 bridgehead atoms. The van der Waals surface area contributed by atoms with Crippen LogP contribution in [0.15, 0.2) is 288 Å². The number of aromatic carboxylic acids is 1. The van der Waals surface area contributed by atoms with Crippen LogP contribution in [0.1, 0.15) is 59.1 Å². The number of amides is 5. The van der Waals surface area contributed by atoms with Crippen LogP contribution in [0.3, 0.4) is 0 Å². The Balaban J connectivity index is 0.000000145. The van der Waals surface area contributed by atoms with E-state index in [1.807, 2.05) is 159 Å². The second kappa shape index (κ2) is 44.3. The van der Waals surface area contributed by atoms with Crippen LogP contribution < -0.4 is 31.8 Å². The zero-order valence-electron chi connectivity index (χ0n) is 63.7. The number of nitrogens with one attached hydrogen (secondary N) is 10. The molecule has 0 aliphatic carbocycles. The maximum Gasteiger partial charge on any atom is 0.336 e. The summed E-state index contributed by atoms with van der Waals surface area (Å²) in [5.74, 6) is 0.263. The summed E-state index contributed by atoms with van der Waals surface area (Å²) in [7, 11) is 1.47. The Morgan fingerprint density at radius 3 is 1.25 bits per heavy atom. The third kappa shape index (κ3) is 26.7. The Kier molecular flexibility index (Phi) is 32.0. The fraction of sp³-hybridized carbons (Fsp3) is 0.133. The number of aromatic amines is 5. The number of carboxylic acids is 1. The minimum Gasteiger partial charge on any atom is -0.504 e. The summed E-state index contributed by atoms with van der Waals surface area (Å²) < 4.78 is 10.3. The number of aromatic nitrogens is 11. The number of methoxy groups -OCH3 is 1. The number of thioether (sulfide) groups is 5. The van der Waals surface area contributed by atoms with Gasteiger partial charge >= 0.3 is 5.97 Å². The van der Waals surface area contributed by atoms with E-state index in [1.54, 1.807) is 75.0 Å². The van der Waals surface area contributed by atoms with Crippen LogP contribution in [-0.4, -0.2) is 166 Å². The molecular formula is C83H78N20O10S5. The molecule has 0 unspecified atom stereocenters. The number of hydrazone groups is 4. The van der Waals surface area contributed by atoms with Gasteiger partial charge in [0.25, 0.3) is 23.6 Å². The van der Waals surface area contributed by atoms with Crippen LogP contribution in [0.25, 0.3) is 55.2 Å². The third-order valence-electron chi connectivity index (χ3n) is 16.3. The largest absolute Gasteiger partial charge is 0.504 e. The molecule has 0 saturated carbocycles. The fourth-order valence-corrected chi connectivity index (χ4v) is 13.8. The predicted octanol–water partition coefficient (Wildman–Crippen LogP) is 13.8. The molecule has 0 spiro atoms. The number of ether oxygens (including phenoxy) is 1. The van der Waals surface area contributed by atoms with E-state index in [0.29, 0.717) is 56.3 Å². The molecule has 7 aromatic heterocycles. The fourth-order valence-electron chi connectivity index (χ4n) is 10.4. The monoisotopic (exact) mass is 1670 g/mol. The van der Waals surface area contributed by atoms with Crippen LogP contribution in [-0.2, 0) is 30.4 Å². The topological polar surface area (TPSA) is 431 Å². The van der Waals surface area contributed by atoms with Gasteiger partial charge in [0, 0.05) is 35.6 Å². The van der Waals surface area contributed by atoms with Gasteiger partial charge in [-0.2, -0.15) is 20.4 Å². The van der Waals surface area contributed by atoms with Crippen molar-refractivity contribution in [1.29, 1.82) is 0 Å². The van der Waals surface area contributed by atoms with Gasteiger partial charge in [0.15, 0.2) is 37.3 Å². The molecule has 8 aromatic carbocycles.